The monoisotopic (exact) mass is 300 g/mol. The first-order valence-electron chi connectivity index (χ1n) is 5.97. The zero-order valence-electron chi connectivity index (χ0n) is 11.2. The van der Waals surface area contributed by atoms with Crippen LogP contribution in [0.1, 0.15) is 23.2 Å². The smallest absolute Gasteiger partial charge is 0.305 e. The molecule has 1 atom stereocenters. The number of hydrogen-bond acceptors (Lipinski definition) is 4. The maximum Gasteiger partial charge on any atom is 0.305 e. The van der Waals surface area contributed by atoms with E-state index in [-0.39, 0.29) is 18.4 Å². The lowest BCUT2D eigenvalue weighted by molar-refractivity contribution is -0.140. The fraction of sp³-hybridized carbons (Fsp3) is 0.308. The molecule has 21 heavy (non-hydrogen) atoms. The lowest BCUT2D eigenvalue weighted by atomic mass is 10.1. The molecule has 1 rings (SSSR count). The van der Waals surface area contributed by atoms with E-state index in [1.165, 1.54) is 7.11 Å². The van der Waals surface area contributed by atoms with Gasteiger partial charge in [0.1, 0.15) is 6.04 Å². The second-order valence-electron chi connectivity index (χ2n) is 4.17. The molecule has 1 aromatic rings. The summed E-state index contributed by atoms with van der Waals surface area (Å²) in [5.74, 6) is -4.50. The van der Waals surface area contributed by atoms with E-state index in [9.17, 15) is 23.2 Å². The molecule has 0 aromatic heterocycles. The molecule has 0 saturated carbocycles. The van der Waals surface area contributed by atoms with E-state index in [4.69, 9.17) is 5.73 Å². The summed E-state index contributed by atoms with van der Waals surface area (Å²) in [6, 6.07) is 1.43. The second kappa shape index (κ2) is 7.32. The molecule has 0 spiro atoms. The van der Waals surface area contributed by atoms with Crippen LogP contribution in [0.2, 0.25) is 0 Å². The third-order valence-corrected chi connectivity index (χ3v) is 2.70. The lowest BCUT2D eigenvalue weighted by Crippen LogP contribution is -2.44. The molecule has 0 aliphatic heterocycles. The van der Waals surface area contributed by atoms with Crippen molar-refractivity contribution in [3.05, 3.63) is 35.4 Å². The highest BCUT2D eigenvalue weighted by molar-refractivity contribution is 5.97. The Morgan fingerprint density at radius 2 is 1.95 bits per heavy atom. The summed E-state index contributed by atoms with van der Waals surface area (Å²) in [7, 11) is 1.18. The molecule has 0 aliphatic carbocycles. The van der Waals surface area contributed by atoms with E-state index < -0.39 is 35.5 Å². The number of benzene rings is 1. The molecule has 1 aromatic carbocycles. The summed E-state index contributed by atoms with van der Waals surface area (Å²) in [5, 5.41) is 2.25. The molecule has 8 heteroatoms. The number of esters is 1. The number of nitrogens with one attached hydrogen (secondary N) is 1. The van der Waals surface area contributed by atoms with Gasteiger partial charge in [-0.25, -0.2) is 8.78 Å². The number of hydrogen-bond donors (Lipinski definition) is 2. The quantitative estimate of drug-likeness (QED) is 0.747. The van der Waals surface area contributed by atoms with Crippen molar-refractivity contribution >= 4 is 17.8 Å². The van der Waals surface area contributed by atoms with Crippen molar-refractivity contribution in [1.29, 1.82) is 0 Å². The van der Waals surface area contributed by atoms with Crippen molar-refractivity contribution in [2.24, 2.45) is 5.73 Å². The van der Waals surface area contributed by atoms with Crippen molar-refractivity contribution in [1.82, 2.24) is 5.32 Å². The maximum atomic E-state index is 13.0. The van der Waals surface area contributed by atoms with Gasteiger partial charge in [-0.15, -0.1) is 0 Å². The van der Waals surface area contributed by atoms with Gasteiger partial charge in [0.25, 0.3) is 5.91 Å². The Hall–Kier alpha value is -2.51. The summed E-state index contributed by atoms with van der Waals surface area (Å²) >= 11 is 0. The van der Waals surface area contributed by atoms with Crippen molar-refractivity contribution in [2.75, 3.05) is 7.11 Å². The minimum Gasteiger partial charge on any atom is -0.469 e. The van der Waals surface area contributed by atoms with Crippen LogP contribution in [0.5, 0.6) is 0 Å². The van der Waals surface area contributed by atoms with Gasteiger partial charge < -0.3 is 15.8 Å². The van der Waals surface area contributed by atoms with Crippen molar-refractivity contribution in [3.63, 3.8) is 0 Å². The Morgan fingerprint density at radius 3 is 2.48 bits per heavy atom. The number of amides is 2. The van der Waals surface area contributed by atoms with Crippen molar-refractivity contribution in [3.8, 4) is 0 Å². The van der Waals surface area contributed by atoms with E-state index in [1.54, 1.807) is 0 Å². The first-order chi connectivity index (χ1) is 9.85. The van der Waals surface area contributed by atoms with Crippen LogP contribution in [-0.4, -0.2) is 30.9 Å². The lowest BCUT2D eigenvalue weighted by Gasteiger charge is -2.15. The number of rotatable bonds is 6. The molecule has 0 radical (unpaired) electrons. The van der Waals surface area contributed by atoms with Crippen LogP contribution in [-0.2, 0) is 14.3 Å². The molecule has 0 fully saturated rings. The highest BCUT2D eigenvalue weighted by atomic mass is 19.2. The molecule has 0 bridgehead atoms. The van der Waals surface area contributed by atoms with Gasteiger partial charge in [-0.2, -0.15) is 0 Å². The Morgan fingerprint density at radius 1 is 1.29 bits per heavy atom. The van der Waals surface area contributed by atoms with Gasteiger partial charge in [0, 0.05) is 12.0 Å². The topological polar surface area (TPSA) is 98.5 Å². The number of ether oxygens (including phenoxy) is 1. The number of primary amides is 1. The highest BCUT2D eigenvalue weighted by Gasteiger charge is 2.20. The average molecular weight is 300 g/mol. The van der Waals surface area contributed by atoms with Gasteiger partial charge in [0.05, 0.1) is 7.11 Å². The van der Waals surface area contributed by atoms with Crippen LogP contribution in [0.4, 0.5) is 8.78 Å². The number of methoxy groups -OCH3 is 1. The number of halogens is 2. The van der Waals surface area contributed by atoms with E-state index in [2.05, 4.69) is 10.1 Å². The third kappa shape index (κ3) is 4.83. The van der Waals surface area contributed by atoms with E-state index in [0.717, 1.165) is 12.1 Å². The number of nitrogens with two attached hydrogens (primary N) is 1. The molecule has 0 aliphatic rings. The third-order valence-electron chi connectivity index (χ3n) is 2.70. The zero-order valence-corrected chi connectivity index (χ0v) is 11.2. The summed E-state index contributed by atoms with van der Waals surface area (Å²) in [6.45, 7) is 0. The average Bonchev–Trinajstić information content (AvgIpc) is 2.45. The largest absolute Gasteiger partial charge is 0.469 e. The van der Waals surface area contributed by atoms with Crippen LogP contribution in [0, 0.1) is 11.6 Å². The fourth-order valence-electron chi connectivity index (χ4n) is 1.53. The summed E-state index contributed by atoms with van der Waals surface area (Å²) in [5.41, 5.74) is 4.94. The van der Waals surface area contributed by atoms with Crippen LogP contribution >= 0.6 is 0 Å². The minimum atomic E-state index is -1.19. The molecule has 2 amide bonds. The van der Waals surface area contributed by atoms with E-state index in [0.29, 0.717) is 6.07 Å². The van der Waals surface area contributed by atoms with Crippen LogP contribution in [0.3, 0.4) is 0 Å². The second-order valence-corrected chi connectivity index (χ2v) is 4.17. The van der Waals surface area contributed by atoms with Crippen LogP contribution in [0.15, 0.2) is 18.2 Å². The normalized spacial score (nSPS) is 11.6. The first-order valence-corrected chi connectivity index (χ1v) is 5.97. The Bertz CT molecular complexity index is 563. The molecule has 0 unspecified atom stereocenters. The fourth-order valence-corrected chi connectivity index (χ4v) is 1.53. The maximum absolute atomic E-state index is 13.0. The Labute approximate surface area is 119 Å². The summed E-state index contributed by atoms with van der Waals surface area (Å²) in [6.07, 6.45) is -0.181. The highest BCUT2D eigenvalue weighted by Crippen LogP contribution is 2.09. The van der Waals surface area contributed by atoms with Crippen molar-refractivity contribution in [2.45, 2.75) is 18.9 Å². The summed E-state index contributed by atoms with van der Waals surface area (Å²) < 4.78 is 30.2. The zero-order chi connectivity index (χ0) is 16.0. The molecule has 0 saturated heterocycles. The Balaban J connectivity index is 2.74. The van der Waals surface area contributed by atoms with E-state index in [1.807, 2.05) is 0 Å². The molecule has 3 N–H and O–H groups in total. The van der Waals surface area contributed by atoms with Gasteiger partial charge in [0.15, 0.2) is 11.6 Å². The van der Waals surface area contributed by atoms with Gasteiger partial charge in [-0.05, 0) is 24.6 Å². The molecule has 114 valence electrons. The van der Waals surface area contributed by atoms with Gasteiger partial charge >= 0.3 is 5.97 Å². The standard InChI is InChI=1S/C13H14F2N2O4/c1-21-11(18)5-4-10(12(16)19)17-13(20)7-2-3-8(14)9(15)6-7/h2-3,6,10H,4-5H2,1H3,(H2,16,19)(H,17,20)/t10-/m1/s1. The predicted molar refractivity (Wildman–Crippen MR) is 68.1 cm³/mol. The predicted octanol–water partition coefficient (Wildman–Crippen LogP) is 0.502. The van der Waals surface area contributed by atoms with Crippen molar-refractivity contribution < 1.29 is 27.9 Å². The van der Waals surface area contributed by atoms with Crippen LogP contribution < -0.4 is 11.1 Å². The van der Waals surface area contributed by atoms with Gasteiger partial charge in [0.2, 0.25) is 5.91 Å². The first kappa shape index (κ1) is 16.5. The molecular formula is C13H14F2N2O4. The number of carbonyl (C=O) groups is 3. The molecule has 6 nitrogen and oxygen atoms in total. The van der Waals surface area contributed by atoms with Gasteiger partial charge in [-0.3, -0.25) is 14.4 Å². The van der Waals surface area contributed by atoms with Gasteiger partial charge in [-0.1, -0.05) is 0 Å². The molecule has 0 heterocycles. The van der Waals surface area contributed by atoms with E-state index >= 15 is 0 Å². The minimum absolute atomic E-state index is 0.0581. The SMILES string of the molecule is COC(=O)CC[C@@H](NC(=O)c1ccc(F)c(F)c1)C(N)=O. The molecular weight excluding hydrogens is 286 g/mol. The Kier molecular flexibility index (Phi) is 5.77. The number of carbonyl (C=O) groups excluding carboxylic acids is 3. The summed E-state index contributed by atoms with van der Waals surface area (Å²) in [4.78, 5) is 34.0. The van der Waals surface area contributed by atoms with Crippen LogP contribution in [0.25, 0.3) is 0 Å².